The highest BCUT2D eigenvalue weighted by atomic mass is 16.5. The minimum Gasteiger partial charge on any atom is -0.377 e. The monoisotopic (exact) mass is 261 g/mol. The van der Waals surface area contributed by atoms with Gasteiger partial charge < -0.3 is 10.5 Å². The molecule has 0 radical (unpaired) electrons. The Morgan fingerprint density at radius 2 is 1.95 bits per heavy atom. The third kappa shape index (κ3) is 4.32. The van der Waals surface area contributed by atoms with Gasteiger partial charge in [0.1, 0.15) is 0 Å². The van der Waals surface area contributed by atoms with Gasteiger partial charge in [0.2, 0.25) is 0 Å². The minimum absolute atomic E-state index is 0.215. The van der Waals surface area contributed by atoms with E-state index in [1.807, 2.05) is 0 Å². The summed E-state index contributed by atoms with van der Waals surface area (Å²) in [5.74, 6) is 1.31. The molecule has 1 aromatic rings. The Balaban J connectivity index is 1.89. The van der Waals surface area contributed by atoms with Gasteiger partial charge in [-0.25, -0.2) is 0 Å². The van der Waals surface area contributed by atoms with Crippen molar-refractivity contribution >= 4 is 0 Å². The highest BCUT2D eigenvalue weighted by Gasteiger charge is 2.29. The Labute approximate surface area is 117 Å². The lowest BCUT2D eigenvalue weighted by Gasteiger charge is -2.34. The molecule has 2 N–H and O–H groups in total. The Hall–Kier alpha value is -0.860. The summed E-state index contributed by atoms with van der Waals surface area (Å²) in [5, 5.41) is 0. The van der Waals surface area contributed by atoms with Crippen LogP contribution in [-0.2, 0) is 4.74 Å². The number of rotatable bonds is 5. The van der Waals surface area contributed by atoms with E-state index in [0.717, 1.165) is 25.9 Å². The molecule has 106 valence electrons. The lowest BCUT2D eigenvalue weighted by molar-refractivity contribution is 0.00472. The molecule has 0 aliphatic heterocycles. The van der Waals surface area contributed by atoms with E-state index in [0.29, 0.717) is 11.8 Å². The fourth-order valence-corrected chi connectivity index (χ4v) is 2.83. The van der Waals surface area contributed by atoms with E-state index in [-0.39, 0.29) is 12.1 Å². The first kappa shape index (κ1) is 14.5. The molecule has 0 spiro atoms. The molecule has 1 fully saturated rings. The topological polar surface area (TPSA) is 35.2 Å². The van der Waals surface area contributed by atoms with Crippen molar-refractivity contribution in [3.05, 3.63) is 35.9 Å². The Kier molecular flexibility index (Phi) is 5.41. The van der Waals surface area contributed by atoms with Crippen molar-refractivity contribution in [1.82, 2.24) is 0 Å². The summed E-state index contributed by atoms with van der Waals surface area (Å²) in [4.78, 5) is 0. The maximum absolute atomic E-state index is 6.21. The van der Waals surface area contributed by atoms with Crippen LogP contribution in [0.15, 0.2) is 30.3 Å². The van der Waals surface area contributed by atoms with Crippen molar-refractivity contribution in [3.8, 4) is 0 Å². The quantitative estimate of drug-likeness (QED) is 0.877. The first-order valence-corrected chi connectivity index (χ1v) is 7.59. The van der Waals surface area contributed by atoms with Crippen molar-refractivity contribution in [2.75, 3.05) is 6.61 Å². The molecule has 2 nitrogen and oxygen atoms in total. The van der Waals surface area contributed by atoms with Gasteiger partial charge in [0.15, 0.2) is 0 Å². The van der Waals surface area contributed by atoms with Crippen LogP contribution in [-0.4, -0.2) is 18.8 Å². The van der Waals surface area contributed by atoms with E-state index in [1.165, 1.54) is 12.0 Å². The smallest absolute Gasteiger partial charge is 0.0731 e. The molecule has 1 aliphatic carbocycles. The average molecular weight is 261 g/mol. The molecule has 2 heteroatoms. The van der Waals surface area contributed by atoms with Crippen molar-refractivity contribution in [2.24, 2.45) is 11.7 Å². The molecule has 3 unspecified atom stereocenters. The Bertz CT molecular complexity index is 363. The minimum atomic E-state index is 0.215. The predicted octanol–water partition coefficient (Wildman–Crippen LogP) is 3.71. The average Bonchev–Trinajstić information content (AvgIpc) is 2.41. The molecule has 0 aromatic heterocycles. The molecule has 1 aromatic carbocycles. The number of hydrogen-bond acceptors (Lipinski definition) is 2. The second-order valence-corrected chi connectivity index (χ2v) is 6.18. The maximum Gasteiger partial charge on any atom is 0.0731 e. The summed E-state index contributed by atoms with van der Waals surface area (Å²) in [6.07, 6.45) is 4.70. The second kappa shape index (κ2) is 7.06. The molecule has 0 amide bonds. The third-order valence-corrected chi connectivity index (χ3v) is 4.14. The van der Waals surface area contributed by atoms with Gasteiger partial charge in [0, 0.05) is 12.6 Å². The van der Waals surface area contributed by atoms with Crippen molar-refractivity contribution in [1.29, 1.82) is 0 Å². The number of ether oxygens (including phenoxy) is 1. The van der Waals surface area contributed by atoms with Gasteiger partial charge in [-0.2, -0.15) is 0 Å². The summed E-state index contributed by atoms with van der Waals surface area (Å²) < 4.78 is 6.03. The number of hydrogen-bond donors (Lipinski definition) is 1. The van der Waals surface area contributed by atoms with Gasteiger partial charge in [-0.1, -0.05) is 44.2 Å². The van der Waals surface area contributed by atoms with Crippen LogP contribution in [0.1, 0.15) is 51.0 Å². The first-order chi connectivity index (χ1) is 9.16. The molecule has 0 heterocycles. The lowest BCUT2D eigenvalue weighted by Crippen LogP contribution is -2.41. The normalized spacial score (nSPS) is 27.7. The van der Waals surface area contributed by atoms with Gasteiger partial charge in [0.05, 0.1) is 6.10 Å². The van der Waals surface area contributed by atoms with Crippen LogP contribution in [0.2, 0.25) is 0 Å². The lowest BCUT2D eigenvalue weighted by atomic mass is 9.80. The van der Waals surface area contributed by atoms with Crippen LogP contribution in [0.5, 0.6) is 0 Å². The summed E-state index contributed by atoms with van der Waals surface area (Å²) in [6.45, 7) is 5.31. The van der Waals surface area contributed by atoms with E-state index in [1.54, 1.807) is 0 Å². The zero-order chi connectivity index (χ0) is 13.7. The van der Waals surface area contributed by atoms with E-state index >= 15 is 0 Å². The standard InChI is InChI=1S/C17H27NO/c1-13(2)10-11-19-17-12-15(8-9-16(17)18)14-6-4-3-5-7-14/h3-7,13,15-17H,8-12,18H2,1-2H3. The van der Waals surface area contributed by atoms with Crippen LogP contribution in [0, 0.1) is 5.92 Å². The van der Waals surface area contributed by atoms with E-state index in [2.05, 4.69) is 44.2 Å². The molecule has 0 saturated heterocycles. The van der Waals surface area contributed by atoms with Gasteiger partial charge in [-0.15, -0.1) is 0 Å². The molecule has 19 heavy (non-hydrogen) atoms. The second-order valence-electron chi connectivity index (χ2n) is 6.18. The highest BCUT2D eigenvalue weighted by Crippen LogP contribution is 2.33. The van der Waals surface area contributed by atoms with Crippen LogP contribution in [0.25, 0.3) is 0 Å². The molecule has 1 aliphatic rings. The molecular weight excluding hydrogens is 234 g/mol. The van der Waals surface area contributed by atoms with Gasteiger partial charge in [-0.3, -0.25) is 0 Å². The van der Waals surface area contributed by atoms with Gasteiger partial charge in [0.25, 0.3) is 0 Å². The van der Waals surface area contributed by atoms with Gasteiger partial charge in [-0.05, 0) is 43.1 Å². The zero-order valence-corrected chi connectivity index (χ0v) is 12.2. The molecule has 0 bridgehead atoms. The van der Waals surface area contributed by atoms with Crippen LogP contribution >= 0.6 is 0 Å². The molecule has 3 atom stereocenters. The van der Waals surface area contributed by atoms with Crippen molar-refractivity contribution in [2.45, 2.75) is 57.6 Å². The predicted molar refractivity (Wildman–Crippen MR) is 80.2 cm³/mol. The molecular formula is C17H27NO. The largest absolute Gasteiger partial charge is 0.377 e. The van der Waals surface area contributed by atoms with Crippen LogP contribution in [0.3, 0.4) is 0 Å². The van der Waals surface area contributed by atoms with Crippen LogP contribution < -0.4 is 5.73 Å². The first-order valence-electron chi connectivity index (χ1n) is 7.59. The van der Waals surface area contributed by atoms with Crippen molar-refractivity contribution < 1.29 is 4.74 Å². The van der Waals surface area contributed by atoms with E-state index in [9.17, 15) is 0 Å². The van der Waals surface area contributed by atoms with E-state index in [4.69, 9.17) is 10.5 Å². The summed E-state index contributed by atoms with van der Waals surface area (Å²) >= 11 is 0. The highest BCUT2D eigenvalue weighted by molar-refractivity contribution is 5.20. The third-order valence-electron chi connectivity index (χ3n) is 4.14. The fraction of sp³-hybridized carbons (Fsp3) is 0.647. The van der Waals surface area contributed by atoms with Gasteiger partial charge >= 0.3 is 0 Å². The fourth-order valence-electron chi connectivity index (χ4n) is 2.83. The number of nitrogens with two attached hydrogens (primary N) is 1. The SMILES string of the molecule is CC(C)CCOC1CC(c2ccccc2)CCC1N. The Morgan fingerprint density at radius 1 is 1.21 bits per heavy atom. The Morgan fingerprint density at radius 3 is 2.63 bits per heavy atom. The molecule has 2 rings (SSSR count). The van der Waals surface area contributed by atoms with Crippen molar-refractivity contribution in [3.63, 3.8) is 0 Å². The summed E-state index contributed by atoms with van der Waals surface area (Å²) in [7, 11) is 0. The zero-order valence-electron chi connectivity index (χ0n) is 12.2. The van der Waals surface area contributed by atoms with E-state index < -0.39 is 0 Å². The number of benzene rings is 1. The molecule has 1 saturated carbocycles. The summed E-state index contributed by atoms with van der Waals surface area (Å²) in [6, 6.07) is 11.0. The van der Waals surface area contributed by atoms with Crippen LogP contribution in [0.4, 0.5) is 0 Å². The summed E-state index contributed by atoms with van der Waals surface area (Å²) in [5.41, 5.74) is 7.65. The maximum atomic E-state index is 6.21.